The van der Waals surface area contributed by atoms with Gasteiger partial charge in [-0.15, -0.1) is 24.0 Å². The minimum atomic E-state index is 0. The average Bonchev–Trinajstić information content (AvgIpc) is 3.17. The number of benzene rings is 1. The number of aromatic nitrogens is 3. The van der Waals surface area contributed by atoms with Gasteiger partial charge in [0.1, 0.15) is 5.82 Å². The first kappa shape index (κ1) is 21.4. The summed E-state index contributed by atoms with van der Waals surface area (Å²) in [4.78, 5) is 18.5. The van der Waals surface area contributed by atoms with Crippen LogP contribution in [0.15, 0.2) is 60.0 Å². The van der Waals surface area contributed by atoms with Gasteiger partial charge in [-0.1, -0.05) is 18.2 Å². The van der Waals surface area contributed by atoms with E-state index in [2.05, 4.69) is 54.8 Å². The van der Waals surface area contributed by atoms with E-state index in [0.717, 1.165) is 68.6 Å². The fraction of sp³-hybridized carbons (Fsp3) is 0.381. The molecule has 2 aromatic heterocycles. The van der Waals surface area contributed by atoms with Gasteiger partial charge in [0.05, 0.1) is 23.9 Å². The first-order valence-electron chi connectivity index (χ1n) is 9.94. The van der Waals surface area contributed by atoms with Crippen molar-refractivity contribution in [2.75, 3.05) is 44.2 Å². The lowest BCUT2D eigenvalue weighted by Gasteiger charge is -2.37. The highest BCUT2D eigenvalue weighted by molar-refractivity contribution is 14.0. The molecule has 1 saturated heterocycles. The molecule has 0 radical (unpaired) electrons. The van der Waals surface area contributed by atoms with Gasteiger partial charge in [-0.2, -0.15) is 0 Å². The highest BCUT2D eigenvalue weighted by atomic mass is 127. The molecule has 0 atom stereocenters. The van der Waals surface area contributed by atoms with Crippen molar-refractivity contribution in [1.29, 1.82) is 0 Å². The van der Waals surface area contributed by atoms with Gasteiger partial charge in [0.25, 0.3) is 0 Å². The summed E-state index contributed by atoms with van der Waals surface area (Å²) in [5.41, 5.74) is 2.19. The van der Waals surface area contributed by atoms with Crippen LogP contribution in [0, 0.1) is 0 Å². The molecule has 4 rings (SSSR count). The summed E-state index contributed by atoms with van der Waals surface area (Å²) in [7, 11) is 0. The smallest absolute Gasteiger partial charge is 0.194 e. The molecule has 1 aromatic carbocycles. The van der Waals surface area contributed by atoms with E-state index in [1.165, 1.54) is 0 Å². The van der Waals surface area contributed by atoms with Crippen LogP contribution in [0.1, 0.15) is 6.92 Å². The van der Waals surface area contributed by atoms with Crippen LogP contribution in [0.2, 0.25) is 0 Å². The molecule has 8 heteroatoms. The number of halogens is 1. The molecule has 7 nitrogen and oxygen atoms in total. The number of para-hydroxylation sites is 2. The van der Waals surface area contributed by atoms with Gasteiger partial charge in [-0.3, -0.25) is 4.99 Å². The Balaban J connectivity index is 0.00000240. The Morgan fingerprint density at radius 3 is 2.59 bits per heavy atom. The fourth-order valence-electron chi connectivity index (χ4n) is 3.57. The van der Waals surface area contributed by atoms with E-state index < -0.39 is 0 Å². The zero-order valence-corrected chi connectivity index (χ0v) is 19.1. The highest BCUT2D eigenvalue weighted by Crippen LogP contribution is 2.13. The number of pyridine rings is 1. The van der Waals surface area contributed by atoms with E-state index in [4.69, 9.17) is 4.99 Å². The van der Waals surface area contributed by atoms with Crippen molar-refractivity contribution in [3.05, 3.63) is 55.0 Å². The molecule has 1 fully saturated rings. The van der Waals surface area contributed by atoms with Crippen LogP contribution in [-0.2, 0) is 6.54 Å². The first-order chi connectivity index (χ1) is 13.8. The second-order valence-corrected chi connectivity index (χ2v) is 6.82. The number of imidazole rings is 1. The van der Waals surface area contributed by atoms with E-state index in [-0.39, 0.29) is 24.0 Å². The van der Waals surface area contributed by atoms with Crippen LogP contribution in [0.25, 0.3) is 11.0 Å². The van der Waals surface area contributed by atoms with Gasteiger partial charge in [0.2, 0.25) is 0 Å². The third-order valence-electron chi connectivity index (χ3n) is 5.02. The van der Waals surface area contributed by atoms with Gasteiger partial charge in [-0.25, -0.2) is 9.97 Å². The monoisotopic (exact) mass is 505 g/mol. The van der Waals surface area contributed by atoms with Crippen molar-refractivity contribution in [3.8, 4) is 0 Å². The number of hydrogen-bond donors (Lipinski definition) is 1. The summed E-state index contributed by atoms with van der Waals surface area (Å²) in [6.07, 6.45) is 3.76. The molecule has 0 saturated carbocycles. The molecule has 0 aliphatic carbocycles. The van der Waals surface area contributed by atoms with Gasteiger partial charge >= 0.3 is 0 Å². The highest BCUT2D eigenvalue weighted by Gasteiger charge is 2.20. The number of fused-ring (bicyclic) bond motifs is 1. The van der Waals surface area contributed by atoms with Crippen LogP contribution >= 0.6 is 24.0 Å². The van der Waals surface area contributed by atoms with Crippen LogP contribution in [-0.4, -0.2) is 64.7 Å². The maximum Gasteiger partial charge on any atom is 0.194 e. The Morgan fingerprint density at radius 1 is 1.03 bits per heavy atom. The topological polar surface area (TPSA) is 61.6 Å². The maximum absolute atomic E-state index is 4.87. The molecule has 1 aliphatic heterocycles. The summed E-state index contributed by atoms with van der Waals surface area (Å²) in [5, 5.41) is 3.44. The SMILES string of the molecule is CCNC(=NCCn1cnc2ccccc21)N1CCN(c2ccccn2)CC1.I. The molecular formula is C21H28IN7. The zero-order valence-electron chi connectivity index (χ0n) is 16.7. The predicted octanol–water partition coefficient (Wildman–Crippen LogP) is 2.84. The summed E-state index contributed by atoms with van der Waals surface area (Å²) in [5.74, 6) is 2.05. The quantitative estimate of drug-likeness (QED) is 0.329. The Hall–Kier alpha value is -2.36. The first-order valence-corrected chi connectivity index (χ1v) is 9.94. The number of hydrogen-bond acceptors (Lipinski definition) is 4. The Morgan fingerprint density at radius 2 is 1.83 bits per heavy atom. The van der Waals surface area contributed by atoms with Crippen molar-refractivity contribution in [2.24, 2.45) is 4.99 Å². The molecular weight excluding hydrogens is 477 g/mol. The molecule has 1 aliphatic rings. The lowest BCUT2D eigenvalue weighted by Crippen LogP contribution is -2.52. The van der Waals surface area contributed by atoms with Crippen molar-refractivity contribution >= 4 is 46.8 Å². The Labute approximate surface area is 188 Å². The summed E-state index contributed by atoms with van der Waals surface area (Å²) in [6, 6.07) is 14.3. The Kier molecular flexibility index (Phi) is 7.68. The van der Waals surface area contributed by atoms with E-state index in [9.17, 15) is 0 Å². The molecule has 0 bridgehead atoms. The third-order valence-corrected chi connectivity index (χ3v) is 5.02. The van der Waals surface area contributed by atoms with Crippen LogP contribution < -0.4 is 10.2 Å². The van der Waals surface area contributed by atoms with Gasteiger partial charge in [-0.05, 0) is 31.2 Å². The molecule has 154 valence electrons. The predicted molar refractivity (Wildman–Crippen MR) is 129 cm³/mol. The number of guanidine groups is 1. The minimum absolute atomic E-state index is 0. The zero-order chi connectivity index (χ0) is 19.2. The number of piperazine rings is 1. The van der Waals surface area contributed by atoms with Gasteiger partial charge in [0, 0.05) is 45.5 Å². The van der Waals surface area contributed by atoms with Crippen LogP contribution in [0.5, 0.6) is 0 Å². The molecule has 0 amide bonds. The van der Waals surface area contributed by atoms with Crippen molar-refractivity contribution in [1.82, 2.24) is 24.8 Å². The standard InChI is InChI=1S/C21H27N7.HI/c1-2-22-21(24-11-12-28-17-25-18-7-3-4-8-19(18)28)27-15-13-26(14-16-27)20-9-5-6-10-23-20;/h3-10,17H,2,11-16H2,1H3,(H,22,24);1H. The fourth-order valence-corrected chi connectivity index (χ4v) is 3.57. The second-order valence-electron chi connectivity index (χ2n) is 6.82. The van der Waals surface area contributed by atoms with Crippen molar-refractivity contribution < 1.29 is 0 Å². The summed E-state index contributed by atoms with van der Waals surface area (Å²) < 4.78 is 2.17. The number of anilines is 1. The van der Waals surface area contributed by atoms with Gasteiger partial charge < -0.3 is 19.7 Å². The summed E-state index contributed by atoms with van der Waals surface area (Å²) >= 11 is 0. The van der Waals surface area contributed by atoms with Gasteiger partial charge in [0.15, 0.2) is 5.96 Å². The van der Waals surface area contributed by atoms with Crippen molar-refractivity contribution in [3.63, 3.8) is 0 Å². The molecule has 1 N–H and O–H groups in total. The van der Waals surface area contributed by atoms with Crippen LogP contribution in [0.4, 0.5) is 5.82 Å². The number of nitrogens with one attached hydrogen (secondary N) is 1. The van der Waals surface area contributed by atoms with Crippen LogP contribution in [0.3, 0.4) is 0 Å². The lowest BCUT2D eigenvalue weighted by atomic mass is 10.3. The number of aliphatic imine (C=N–C) groups is 1. The molecule has 29 heavy (non-hydrogen) atoms. The van der Waals surface area contributed by atoms with E-state index in [1.54, 1.807) is 0 Å². The molecule has 0 spiro atoms. The maximum atomic E-state index is 4.87. The number of nitrogens with zero attached hydrogens (tertiary/aromatic N) is 6. The Bertz CT molecular complexity index is 917. The molecule has 3 heterocycles. The third kappa shape index (κ3) is 5.17. The van der Waals surface area contributed by atoms with Crippen molar-refractivity contribution in [2.45, 2.75) is 13.5 Å². The molecule has 3 aromatic rings. The molecule has 0 unspecified atom stereocenters. The van der Waals surface area contributed by atoms with E-state index >= 15 is 0 Å². The largest absolute Gasteiger partial charge is 0.357 e. The summed E-state index contributed by atoms with van der Waals surface area (Å²) in [6.45, 7) is 8.32. The number of rotatable bonds is 5. The minimum Gasteiger partial charge on any atom is -0.357 e. The normalized spacial score (nSPS) is 14.7. The van der Waals surface area contributed by atoms with E-state index in [1.807, 2.05) is 36.8 Å². The second kappa shape index (κ2) is 10.4. The average molecular weight is 505 g/mol. The lowest BCUT2D eigenvalue weighted by molar-refractivity contribution is 0.371. The van der Waals surface area contributed by atoms with E-state index in [0.29, 0.717) is 0 Å².